The number of halogens is 1. The maximum atomic E-state index is 6.17. The van der Waals surface area contributed by atoms with Crippen molar-refractivity contribution in [2.45, 2.75) is 27.2 Å². The van der Waals surface area contributed by atoms with Crippen LogP contribution in [-0.4, -0.2) is 16.6 Å². The van der Waals surface area contributed by atoms with Crippen molar-refractivity contribution in [2.24, 2.45) is 0 Å². The van der Waals surface area contributed by atoms with Crippen molar-refractivity contribution in [2.75, 3.05) is 6.61 Å². The number of benzene rings is 1. The first kappa shape index (κ1) is 13.8. The second-order valence-corrected chi connectivity index (χ2v) is 4.58. The molecule has 0 N–H and O–H groups in total. The molecule has 0 aliphatic carbocycles. The lowest BCUT2D eigenvalue weighted by molar-refractivity contribution is 0.340. The van der Waals surface area contributed by atoms with Gasteiger partial charge in [-0.05, 0) is 26.0 Å². The van der Waals surface area contributed by atoms with Crippen molar-refractivity contribution in [3.63, 3.8) is 0 Å². The highest BCUT2D eigenvalue weighted by atomic mass is 35.5. The Kier molecular flexibility index (Phi) is 4.38. The molecular weight excluding hydrogens is 260 g/mol. The zero-order chi connectivity index (χ0) is 13.8. The van der Waals surface area contributed by atoms with E-state index in [2.05, 4.69) is 9.97 Å². The minimum atomic E-state index is 0.517. The minimum absolute atomic E-state index is 0.517. The van der Waals surface area contributed by atoms with Gasteiger partial charge in [-0.2, -0.15) is 0 Å². The van der Waals surface area contributed by atoms with Gasteiger partial charge in [0.2, 0.25) is 0 Å². The number of ether oxygens (including phenoxy) is 1. The molecule has 0 aliphatic rings. The smallest absolute Gasteiger partial charge is 0.136 e. The van der Waals surface area contributed by atoms with E-state index in [-0.39, 0.29) is 0 Å². The zero-order valence-corrected chi connectivity index (χ0v) is 12.2. The van der Waals surface area contributed by atoms with Gasteiger partial charge >= 0.3 is 0 Å². The van der Waals surface area contributed by atoms with Gasteiger partial charge in [0.1, 0.15) is 16.7 Å². The van der Waals surface area contributed by atoms with Crippen LogP contribution in [-0.2, 0) is 6.42 Å². The molecule has 0 spiro atoms. The first-order valence-electron chi connectivity index (χ1n) is 6.42. The molecule has 0 aliphatic heterocycles. The number of aromatic nitrogens is 2. The largest absolute Gasteiger partial charge is 0.494 e. The second kappa shape index (κ2) is 6.02. The Morgan fingerprint density at radius 1 is 1.21 bits per heavy atom. The van der Waals surface area contributed by atoms with Crippen LogP contribution in [0.25, 0.3) is 11.3 Å². The SMILES string of the molecule is CCOc1cccc(-c2nc(CC)nc(Cl)c2C)c1. The summed E-state index contributed by atoms with van der Waals surface area (Å²) in [4.78, 5) is 8.83. The van der Waals surface area contributed by atoms with E-state index >= 15 is 0 Å². The highest BCUT2D eigenvalue weighted by molar-refractivity contribution is 6.30. The molecule has 1 aromatic heterocycles. The minimum Gasteiger partial charge on any atom is -0.494 e. The molecule has 0 bridgehead atoms. The average molecular weight is 277 g/mol. The molecule has 0 fully saturated rings. The van der Waals surface area contributed by atoms with Crippen LogP contribution >= 0.6 is 11.6 Å². The van der Waals surface area contributed by atoms with Crippen LogP contribution in [0.4, 0.5) is 0 Å². The molecule has 1 heterocycles. The van der Waals surface area contributed by atoms with E-state index in [0.29, 0.717) is 11.8 Å². The Hall–Kier alpha value is -1.61. The number of rotatable bonds is 4. The van der Waals surface area contributed by atoms with Crippen molar-refractivity contribution in [3.8, 4) is 17.0 Å². The van der Waals surface area contributed by atoms with E-state index in [1.165, 1.54) is 0 Å². The molecule has 2 rings (SSSR count). The zero-order valence-electron chi connectivity index (χ0n) is 11.4. The molecule has 19 heavy (non-hydrogen) atoms. The Morgan fingerprint density at radius 3 is 2.68 bits per heavy atom. The maximum absolute atomic E-state index is 6.17. The lowest BCUT2D eigenvalue weighted by Crippen LogP contribution is -2.00. The van der Waals surface area contributed by atoms with Gasteiger partial charge in [0.05, 0.1) is 12.3 Å². The number of hydrogen-bond acceptors (Lipinski definition) is 3. The molecule has 0 radical (unpaired) electrons. The normalized spacial score (nSPS) is 10.5. The van der Waals surface area contributed by atoms with Gasteiger partial charge in [0.15, 0.2) is 0 Å². The molecule has 3 nitrogen and oxygen atoms in total. The summed E-state index contributed by atoms with van der Waals surface area (Å²) in [6.45, 7) is 6.56. The third-order valence-corrected chi connectivity index (χ3v) is 3.24. The topological polar surface area (TPSA) is 35.0 Å². The summed E-state index contributed by atoms with van der Waals surface area (Å²) < 4.78 is 5.52. The van der Waals surface area contributed by atoms with Crippen LogP contribution < -0.4 is 4.74 Å². The number of nitrogens with zero attached hydrogens (tertiary/aromatic N) is 2. The predicted octanol–water partition coefficient (Wildman–Crippen LogP) is 4.07. The van der Waals surface area contributed by atoms with Crippen LogP contribution in [0.15, 0.2) is 24.3 Å². The summed E-state index contributed by atoms with van der Waals surface area (Å²) in [6.07, 6.45) is 0.762. The Labute approximate surface area is 118 Å². The summed E-state index contributed by atoms with van der Waals surface area (Å²) in [5.41, 5.74) is 2.77. The molecular formula is C15H17ClN2O. The van der Waals surface area contributed by atoms with Crippen LogP contribution in [0.2, 0.25) is 5.15 Å². The Balaban J connectivity index is 2.51. The van der Waals surface area contributed by atoms with Gasteiger partial charge in [0, 0.05) is 17.5 Å². The Bertz CT molecular complexity index is 584. The monoisotopic (exact) mass is 276 g/mol. The van der Waals surface area contributed by atoms with E-state index < -0.39 is 0 Å². The molecule has 0 amide bonds. The molecule has 4 heteroatoms. The molecule has 2 aromatic rings. The van der Waals surface area contributed by atoms with Gasteiger partial charge in [-0.15, -0.1) is 0 Å². The fraction of sp³-hybridized carbons (Fsp3) is 0.333. The molecule has 0 saturated heterocycles. The summed E-state index contributed by atoms with van der Waals surface area (Å²) >= 11 is 6.17. The van der Waals surface area contributed by atoms with Gasteiger partial charge in [-0.3, -0.25) is 0 Å². The summed E-state index contributed by atoms with van der Waals surface area (Å²) in [5, 5.41) is 0.517. The lowest BCUT2D eigenvalue weighted by Gasteiger charge is -2.10. The summed E-state index contributed by atoms with van der Waals surface area (Å²) in [7, 11) is 0. The fourth-order valence-electron chi connectivity index (χ4n) is 1.87. The van der Waals surface area contributed by atoms with Crippen molar-refractivity contribution in [1.29, 1.82) is 0 Å². The van der Waals surface area contributed by atoms with Gasteiger partial charge < -0.3 is 4.74 Å². The fourth-order valence-corrected chi connectivity index (χ4v) is 2.06. The number of aryl methyl sites for hydroxylation is 1. The molecule has 0 saturated carbocycles. The van der Waals surface area contributed by atoms with E-state index in [9.17, 15) is 0 Å². The predicted molar refractivity (Wildman–Crippen MR) is 77.8 cm³/mol. The highest BCUT2D eigenvalue weighted by Gasteiger charge is 2.11. The van der Waals surface area contributed by atoms with E-state index in [1.807, 2.05) is 45.0 Å². The van der Waals surface area contributed by atoms with Crippen LogP contribution in [0.5, 0.6) is 5.75 Å². The highest BCUT2D eigenvalue weighted by Crippen LogP contribution is 2.28. The van der Waals surface area contributed by atoms with E-state index in [1.54, 1.807) is 0 Å². The van der Waals surface area contributed by atoms with E-state index in [0.717, 1.165) is 34.8 Å². The molecule has 0 unspecified atom stereocenters. The van der Waals surface area contributed by atoms with Crippen molar-refractivity contribution >= 4 is 11.6 Å². The first-order valence-corrected chi connectivity index (χ1v) is 6.79. The van der Waals surface area contributed by atoms with Gasteiger partial charge in [-0.25, -0.2) is 9.97 Å². The van der Waals surface area contributed by atoms with Gasteiger partial charge in [-0.1, -0.05) is 30.7 Å². The first-order chi connectivity index (χ1) is 9.15. The molecule has 1 aromatic carbocycles. The standard InChI is InChI=1S/C15H17ClN2O/c1-4-13-17-14(10(3)15(16)18-13)11-7-6-8-12(9-11)19-5-2/h6-9H,4-5H2,1-3H3. The molecule has 100 valence electrons. The van der Waals surface area contributed by atoms with Crippen molar-refractivity contribution in [1.82, 2.24) is 9.97 Å². The second-order valence-electron chi connectivity index (χ2n) is 4.22. The Morgan fingerprint density at radius 2 is 2.00 bits per heavy atom. The molecule has 0 atom stereocenters. The quantitative estimate of drug-likeness (QED) is 0.790. The average Bonchev–Trinajstić information content (AvgIpc) is 2.42. The third kappa shape index (κ3) is 3.04. The van der Waals surface area contributed by atoms with Crippen LogP contribution in [0.1, 0.15) is 25.2 Å². The van der Waals surface area contributed by atoms with Crippen LogP contribution in [0, 0.1) is 6.92 Å². The van der Waals surface area contributed by atoms with Crippen molar-refractivity contribution < 1.29 is 4.74 Å². The maximum Gasteiger partial charge on any atom is 0.136 e. The third-order valence-electron chi connectivity index (χ3n) is 2.87. The summed E-state index contributed by atoms with van der Waals surface area (Å²) in [5.74, 6) is 1.60. The van der Waals surface area contributed by atoms with Crippen LogP contribution in [0.3, 0.4) is 0 Å². The van der Waals surface area contributed by atoms with Crippen molar-refractivity contribution in [3.05, 3.63) is 40.8 Å². The van der Waals surface area contributed by atoms with Gasteiger partial charge in [0.25, 0.3) is 0 Å². The van der Waals surface area contributed by atoms with E-state index in [4.69, 9.17) is 16.3 Å². The summed E-state index contributed by atoms with van der Waals surface area (Å²) in [6, 6.07) is 7.88. The lowest BCUT2D eigenvalue weighted by atomic mass is 10.1. The number of hydrogen-bond donors (Lipinski definition) is 0.